The molecule has 5 heteroatoms. The van der Waals surface area contributed by atoms with E-state index >= 15 is 0 Å². The Bertz CT molecular complexity index is 400. The van der Waals surface area contributed by atoms with Crippen molar-refractivity contribution in [3.63, 3.8) is 0 Å². The van der Waals surface area contributed by atoms with Gasteiger partial charge in [-0.15, -0.1) is 4.37 Å². The summed E-state index contributed by atoms with van der Waals surface area (Å²) in [6.45, 7) is 7.01. The van der Waals surface area contributed by atoms with Crippen LogP contribution in [0, 0.1) is 5.92 Å². The van der Waals surface area contributed by atoms with Crippen LogP contribution in [-0.4, -0.2) is 40.4 Å². The Morgan fingerprint density at radius 1 is 1.47 bits per heavy atom. The molecule has 1 aliphatic rings. The van der Waals surface area contributed by atoms with Gasteiger partial charge in [-0.1, -0.05) is 19.9 Å². The van der Waals surface area contributed by atoms with Crippen molar-refractivity contribution in [3.05, 3.63) is 11.8 Å². The molecular formula is C12H19N3OS. The quantitative estimate of drug-likeness (QED) is 0.825. The molecule has 1 aromatic rings. The van der Waals surface area contributed by atoms with Crippen LogP contribution in [0.3, 0.4) is 0 Å². The van der Waals surface area contributed by atoms with E-state index in [4.69, 9.17) is 4.74 Å². The van der Waals surface area contributed by atoms with Crippen molar-refractivity contribution in [1.29, 1.82) is 0 Å². The maximum atomic E-state index is 5.70. The zero-order valence-corrected chi connectivity index (χ0v) is 11.5. The van der Waals surface area contributed by atoms with E-state index in [1.807, 2.05) is 0 Å². The van der Waals surface area contributed by atoms with Gasteiger partial charge in [0.25, 0.3) is 5.88 Å². The number of nitrogens with zero attached hydrogens (tertiary/aromatic N) is 3. The lowest BCUT2D eigenvalue weighted by Gasteiger charge is -2.22. The molecule has 0 spiro atoms. The molecule has 2 rings (SSSR count). The van der Waals surface area contributed by atoms with Gasteiger partial charge in [0.1, 0.15) is 5.69 Å². The summed E-state index contributed by atoms with van der Waals surface area (Å²) in [5.74, 6) is 1.21. The molecular weight excluding hydrogens is 234 g/mol. The fourth-order valence-corrected chi connectivity index (χ4v) is 2.31. The molecule has 0 aromatic carbocycles. The molecule has 0 radical (unpaired) electrons. The van der Waals surface area contributed by atoms with Gasteiger partial charge in [0, 0.05) is 13.1 Å². The smallest absolute Gasteiger partial charge is 0.253 e. The minimum atomic E-state index is 0.507. The Morgan fingerprint density at radius 2 is 2.29 bits per heavy atom. The number of rotatable bonds is 4. The van der Waals surface area contributed by atoms with Crippen LogP contribution in [-0.2, 0) is 0 Å². The van der Waals surface area contributed by atoms with Crippen LogP contribution in [0.25, 0.3) is 5.57 Å². The monoisotopic (exact) mass is 253 g/mol. The lowest BCUT2D eigenvalue weighted by molar-refractivity contribution is 0.262. The third-order valence-corrected chi connectivity index (χ3v) is 3.17. The van der Waals surface area contributed by atoms with Gasteiger partial charge >= 0.3 is 0 Å². The highest BCUT2D eigenvalue weighted by Crippen LogP contribution is 2.27. The molecule has 4 nitrogen and oxygen atoms in total. The van der Waals surface area contributed by atoms with E-state index in [1.54, 1.807) is 0 Å². The van der Waals surface area contributed by atoms with Crippen molar-refractivity contribution in [3.8, 4) is 5.88 Å². The Balaban J connectivity index is 2.10. The first-order chi connectivity index (χ1) is 8.16. The van der Waals surface area contributed by atoms with Crippen LogP contribution in [0.15, 0.2) is 6.08 Å². The zero-order chi connectivity index (χ0) is 12.3. The van der Waals surface area contributed by atoms with Gasteiger partial charge in [0.15, 0.2) is 0 Å². The molecule has 0 N–H and O–H groups in total. The highest BCUT2D eigenvalue weighted by molar-refractivity contribution is 6.99. The molecule has 0 fully saturated rings. The van der Waals surface area contributed by atoms with E-state index in [1.165, 1.54) is 17.3 Å². The summed E-state index contributed by atoms with van der Waals surface area (Å²) in [5.41, 5.74) is 2.17. The lowest BCUT2D eigenvalue weighted by Crippen LogP contribution is -2.25. The average molecular weight is 253 g/mol. The van der Waals surface area contributed by atoms with Crippen molar-refractivity contribution < 1.29 is 4.74 Å². The summed E-state index contributed by atoms with van der Waals surface area (Å²) in [7, 11) is 2.13. The molecule has 0 saturated heterocycles. The lowest BCUT2D eigenvalue weighted by atomic mass is 10.1. The largest absolute Gasteiger partial charge is 0.475 e. The van der Waals surface area contributed by atoms with Gasteiger partial charge < -0.3 is 9.64 Å². The fourth-order valence-electron chi connectivity index (χ4n) is 1.78. The van der Waals surface area contributed by atoms with Crippen molar-refractivity contribution in [2.75, 3.05) is 26.7 Å². The minimum Gasteiger partial charge on any atom is -0.475 e. The van der Waals surface area contributed by atoms with Gasteiger partial charge in [-0.05, 0) is 25.0 Å². The van der Waals surface area contributed by atoms with Crippen LogP contribution in [0.1, 0.15) is 26.0 Å². The maximum absolute atomic E-state index is 5.70. The van der Waals surface area contributed by atoms with E-state index in [0.717, 1.165) is 25.2 Å². The third-order valence-electron chi connectivity index (χ3n) is 2.66. The third kappa shape index (κ3) is 3.26. The first-order valence-corrected chi connectivity index (χ1v) is 6.73. The molecule has 0 atom stereocenters. The van der Waals surface area contributed by atoms with Crippen LogP contribution in [0.4, 0.5) is 0 Å². The predicted octanol–water partition coefficient (Wildman–Crippen LogP) is 2.29. The SMILES string of the molecule is CC(C)COc1nsnc1C1=CCCN(C)C1. The highest BCUT2D eigenvalue weighted by Gasteiger charge is 2.18. The van der Waals surface area contributed by atoms with Crippen LogP contribution < -0.4 is 4.74 Å². The van der Waals surface area contributed by atoms with Crippen LogP contribution >= 0.6 is 11.7 Å². The van der Waals surface area contributed by atoms with Crippen molar-refractivity contribution in [2.45, 2.75) is 20.3 Å². The second kappa shape index (κ2) is 5.60. The average Bonchev–Trinajstić information content (AvgIpc) is 2.74. The highest BCUT2D eigenvalue weighted by atomic mass is 32.1. The van der Waals surface area contributed by atoms with Gasteiger partial charge in [-0.25, -0.2) is 0 Å². The Morgan fingerprint density at radius 3 is 3.00 bits per heavy atom. The number of likely N-dealkylation sites (N-methyl/N-ethyl adjacent to an activating group) is 1. The van der Waals surface area contributed by atoms with Gasteiger partial charge in [0.2, 0.25) is 0 Å². The molecule has 0 unspecified atom stereocenters. The Labute approximate surface area is 107 Å². The molecule has 0 bridgehead atoms. The molecule has 17 heavy (non-hydrogen) atoms. The van der Waals surface area contributed by atoms with E-state index in [-0.39, 0.29) is 0 Å². The van der Waals surface area contributed by atoms with Crippen molar-refractivity contribution >= 4 is 17.3 Å². The second-order valence-electron chi connectivity index (χ2n) is 4.88. The van der Waals surface area contributed by atoms with Gasteiger partial charge in [0.05, 0.1) is 18.3 Å². The summed E-state index contributed by atoms with van der Waals surface area (Å²) in [4.78, 5) is 2.29. The first-order valence-electron chi connectivity index (χ1n) is 6.00. The van der Waals surface area contributed by atoms with Gasteiger partial charge in [-0.3, -0.25) is 0 Å². The molecule has 1 aliphatic heterocycles. The summed E-state index contributed by atoms with van der Waals surface area (Å²) in [6, 6.07) is 0. The maximum Gasteiger partial charge on any atom is 0.253 e. The number of ether oxygens (including phenoxy) is 1. The number of hydrogen-bond acceptors (Lipinski definition) is 5. The minimum absolute atomic E-state index is 0.507. The van der Waals surface area contributed by atoms with E-state index < -0.39 is 0 Å². The standard InChI is InChI=1S/C12H19N3OS/c1-9(2)8-16-12-11(13-17-14-12)10-5-4-6-15(3)7-10/h5,9H,4,6-8H2,1-3H3. The normalized spacial score (nSPS) is 17.3. The second-order valence-corrected chi connectivity index (χ2v) is 5.41. The molecule has 0 saturated carbocycles. The number of hydrogen-bond donors (Lipinski definition) is 0. The molecule has 1 aromatic heterocycles. The Hall–Kier alpha value is -0.940. The van der Waals surface area contributed by atoms with Crippen molar-refractivity contribution in [1.82, 2.24) is 13.6 Å². The molecule has 94 valence electrons. The summed E-state index contributed by atoms with van der Waals surface area (Å²) in [6.07, 6.45) is 3.33. The zero-order valence-electron chi connectivity index (χ0n) is 10.6. The summed E-state index contributed by atoms with van der Waals surface area (Å²) in [5, 5.41) is 0. The van der Waals surface area contributed by atoms with Gasteiger partial charge in [-0.2, -0.15) is 4.37 Å². The predicted molar refractivity (Wildman–Crippen MR) is 70.3 cm³/mol. The van der Waals surface area contributed by atoms with E-state index in [2.05, 4.69) is 40.6 Å². The van der Waals surface area contributed by atoms with E-state index in [0.29, 0.717) is 18.4 Å². The van der Waals surface area contributed by atoms with Crippen molar-refractivity contribution in [2.24, 2.45) is 5.92 Å². The molecule has 2 heterocycles. The molecule has 0 amide bonds. The summed E-state index contributed by atoms with van der Waals surface area (Å²) >= 11 is 1.23. The Kier molecular flexibility index (Phi) is 4.12. The fraction of sp³-hybridized carbons (Fsp3) is 0.667. The van der Waals surface area contributed by atoms with Crippen LogP contribution in [0.5, 0.6) is 5.88 Å². The topological polar surface area (TPSA) is 38.3 Å². The van der Waals surface area contributed by atoms with E-state index in [9.17, 15) is 0 Å². The molecule has 0 aliphatic carbocycles. The van der Waals surface area contributed by atoms with Crippen LogP contribution in [0.2, 0.25) is 0 Å². The summed E-state index contributed by atoms with van der Waals surface area (Å²) < 4.78 is 14.3. The first kappa shape index (κ1) is 12.5. The number of aromatic nitrogens is 2.